The Morgan fingerprint density at radius 2 is 2.16 bits per heavy atom. The van der Waals surface area contributed by atoms with E-state index >= 15 is 0 Å². The molecule has 0 N–H and O–H groups in total. The molecule has 100 valence electrons. The van der Waals surface area contributed by atoms with Crippen molar-refractivity contribution in [3.8, 4) is 6.07 Å². The fourth-order valence-corrected chi connectivity index (χ4v) is 3.04. The number of anilines is 1. The molecule has 1 fully saturated rings. The van der Waals surface area contributed by atoms with Gasteiger partial charge in [0.2, 0.25) is 15.0 Å². The zero-order valence-corrected chi connectivity index (χ0v) is 11.7. The van der Waals surface area contributed by atoms with Crippen molar-refractivity contribution in [2.45, 2.75) is 18.6 Å². The topological polar surface area (TPSA) is 78.2 Å². The summed E-state index contributed by atoms with van der Waals surface area (Å²) in [5, 5.41) is 8.07. The van der Waals surface area contributed by atoms with Gasteiger partial charge in [-0.3, -0.25) is 4.79 Å². The molecule has 0 spiro atoms. The van der Waals surface area contributed by atoms with Crippen molar-refractivity contribution in [2.75, 3.05) is 11.4 Å². The minimum atomic E-state index is -3.76. The van der Waals surface area contributed by atoms with E-state index in [0.29, 0.717) is 11.3 Å². The van der Waals surface area contributed by atoms with E-state index in [9.17, 15) is 13.2 Å². The highest BCUT2D eigenvalue weighted by Gasteiger charge is 2.38. The SMILES string of the molecule is Cc1ccc(N2CC(S(=O)(=O)Cl)CC2=O)cc1C#N. The van der Waals surface area contributed by atoms with E-state index in [-0.39, 0.29) is 18.9 Å². The number of hydrogen-bond acceptors (Lipinski definition) is 4. The molecule has 1 aliphatic heterocycles. The molecule has 1 saturated heterocycles. The fraction of sp³-hybridized carbons (Fsp3) is 0.333. The van der Waals surface area contributed by atoms with Crippen molar-refractivity contribution < 1.29 is 13.2 Å². The molecule has 0 aliphatic carbocycles. The lowest BCUT2D eigenvalue weighted by molar-refractivity contribution is -0.117. The number of hydrogen-bond donors (Lipinski definition) is 0. The van der Waals surface area contributed by atoms with Crippen molar-refractivity contribution in [1.29, 1.82) is 5.26 Å². The fourth-order valence-electron chi connectivity index (χ4n) is 2.01. The third-order valence-electron chi connectivity index (χ3n) is 3.14. The molecule has 5 nitrogen and oxygen atoms in total. The van der Waals surface area contributed by atoms with Crippen molar-refractivity contribution in [3.05, 3.63) is 29.3 Å². The Balaban J connectivity index is 2.34. The maximum atomic E-state index is 11.8. The number of amides is 1. The molecule has 1 aromatic rings. The molecule has 0 bridgehead atoms. The zero-order valence-electron chi connectivity index (χ0n) is 10.1. The second-order valence-electron chi connectivity index (χ2n) is 4.42. The Labute approximate surface area is 115 Å². The summed E-state index contributed by atoms with van der Waals surface area (Å²) in [6, 6.07) is 7.03. The van der Waals surface area contributed by atoms with Gasteiger partial charge in [0.05, 0.1) is 11.6 Å². The first-order valence-electron chi connectivity index (χ1n) is 5.57. The minimum absolute atomic E-state index is 0.0264. The van der Waals surface area contributed by atoms with Gasteiger partial charge in [-0.25, -0.2) is 8.42 Å². The van der Waals surface area contributed by atoms with Gasteiger partial charge in [-0.2, -0.15) is 5.26 Å². The number of nitriles is 1. The average Bonchev–Trinajstić information content (AvgIpc) is 2.72. The van der Waals surface area contributed by atoms with Gasteiger partial charge in [0.15, 0.2) is 0 Å². The quantitative estimate of drug-likeness (QED) is 0.776. The van der Waals surface area contributed by atoms with E-state index in [4.69, 9.17) is 15.9 Å². The second-order valence-corrected chi connectivity index (χ2v) is 7.33. The Hall–Kier alpha value is -1.58. The summed E-state index contributed by atoms with van der Waals surface area (Å²) < 4.78 is 22.5. The van der Waals surface area contributed by atoms with Crippen molar-refractivity contribution in [2.24, 2.45) is 0 Å². The van der Waals surface area contributed by atoms with Gasteiger partial charge in [0, 0.05) is 29.3 Å². The number of aryl methyl sites for hydroxylation is 1. The summed E-state index contributed by atoms with van der Waals surface area (Å²) in [5.74, 6) is -0.304. The van der Waals surface area contributed by atoms with Crippen LogP contribution in [0.15, 0.2) is 18.2 Å². The molecule has 19 heavy (non-hydrogen) atoms. The maximum absolute atomic E-state index is 11.8. The smallest absolute Gasteiger partial charge is 0.237 e. The van der Waals surface area contributed by atoms with Crippen LogP contribution in [-0.4, -0.2) is 26.1 Å². The van der Waals surface area contributed by atoms with Crippen LogP contribution in [0.2, 0.25) is 0 Å². The highest BCUT2D eigenvalue weighted by Crippen LogP contribution is 2.27. The molecular weight excluding hydrogens is 288 g/mol. The van der Waals surface area contributed by atoms with Gasteiger partial charge in [-0.1, -0.05) is 6.07 Å². The highest BCUT2D eigenvalue weighted by atomic mass is 35.7. The summed E-state index contributed by atoms with van der Waals surface area (Å²) >= 11 is 0. The van der Waals surface area contributed by atoms with Crippen LogP contribution in [0.1, 0.15) is 17.5 Å². The van der Waals surface area contributed by atoms with E-state index in [1.54, 1.807) is 25.1 Å². The van der Waals surface area contributed by atoms with Crippen LogP contribution in [-0.2, 0) is 13.8 Å². The molecule has 1 unspecified atom stereocenters. The molecule has 2 rings (SSSR count). The number of carbonyl (C=O) groups excluding carboxylic acids is 1. The Morgan fingerprint density at radius 3 is 2.68 bits per heavy atom. The maximum Gasteiger partial charge on any atom is 0.237 e. The Kier molecular flexibility index (Phi) is 3.52. The molecule has 0 radical (unpaired) electrons. The monoisotopic (exact) mass is 298 g/mol. The molecule has 1 amide bonds. The van der Waals surface area contributed by atoms with Crippen LogP contribution >= 0.6 is 10.7 Å². The highest BCUT2D eigenvalue weighted by molar-refractivity contribution is 8.14. The van der Waals surface area contributed by atoms with Crippen molar-refractivity contribution in [1.82, 2.24) is 0 Å². The average molecular weight is 299 g/mol. The first-order valence-corrected chi connectivity index (χ1v) is 7.95. The van der Waals surface area contributed by atoms with E-state index in [0.717, 1.165) is 5.56 Å². The molecular formula is C12H11ClN2O3S. The molecule has 7 heteroatoms. The predicted molar refractivity (Wildman–Crippen MR) is 71.4 cm³/mol. The molecule has 0 saturated carbocycles. The minimum Gasteiger partial charge on any atom is -0.311 e. The Bertz CT molecular complexity index is 679. The van der Waals surface area contributed by atoms with Crippen molar-refractivity contribution >= 4 is 31.3 Å². The van der Waals surface area contributed by atoms with Crippen LogP contribution in [0.25, 0.3) is 0 Å². The zero-order chi connectivity index (χ0) is 14.2. The molecule has 1 aromatic carbocycles. The molecule has 1 atom stereocenters. The van der Waals surface area contributed by atoms with Crippen LogP contribution < -0.4 is 4.90 Å². The van der Waals surface area contributed by atoms with Crippen LogP contribution in [0.3, 0.4) is 0 Å². The van der Waals surface area contributed by atoms with Gasteiger partial charge in [0.25, 0.3) is 0 Å². The normalized spacial score (nSPS) is 19.5. The lowest BCUT2D eigenvalue weighted by Crippen LogP contribution is -2.26. The number of benzene rings is 1. The predicted octanol–water partition coefficient (Wildman–Crippen LogP) is 1.54. The summed E-state index contributed by atoms with van der Waals surface area (Å²) in [4.78, 5) is 13.2. The lowest BCUT2D eigenvalue weighted by Gasteiger charge is -2.16. The van der Waals surface area contributed by atoms with Crippen LogP contribution in [0.5, 0.6) is 0 Å². The first-order chi connectivity index (χ1) is 8.82. The number of rotatable bonds is 2. The Morgan fingerprint density at radius 1 is 1.47 bits per heavy atom. The summed E-state index contributed by atoms with van der Waals surface area (Å²) in [5.41, 5.74) is 1.79. The third kappa shape index (κ3) is 2.72. The third-order valence-corrected chi connectivity index (χ3v) is 5.01. The van der Waals surface area contributed by atoms with Gasteiger partial charge in [-0.05, 0) is 24.6 Å². The molecule has 1 aliphatic rings. The summed E-state index contributed by atoms with van der Waals surface area (Å²) in [6.07, 6.45) is -0.123. The van der Waals surface area contributed by atoms with Gasteiger partial charge >= 0.3 is 0 Å². The van der Waals surface area contributed by atoms with Crippen molar-refractivity contribution in [3.63, 3.8) is 0 Å². The van der Waals surface area contributed by atoms with Gasteiger partial charge < -0.3 is 4.90 Å². The van der Waals surface area contributed by atoms with E-state index in [2.05, 4.69) is 0 Å². The van der Waals surface area contributed by atoms with E-state index in [1.165, 1.54) is 4.90 Å². The summed E-state index contributed by atoms with van der Waals surface area (Å²) in [6.45, 7) is 1.82. The van der Waals surface area contributed by atoms with Crippen LogP contribution in [0, 0.1) is 18.3 Å². The largest absolute Gasteiger partial charge is 0.311 e. The number of halogens is 1. The standard InChI is InChI=1S/C12H11ClN2O3S/c1-8-2-3-10(4-9(8)6-14)15-7-11(5-12(15)16)19(13,17)18/h2-4,11H,5,7H2,1H3. The van der Waals surface area contributed by atoms with Crippen LogP contribution in [0.4, 0.5) is 5.69 Å². The van der Waals surface area contributed by atoms with Gasteiger partial charge in [-0.15, -0.1) is 0 Å². The number of carbonyl (C=O) groups is 1. The number of nitrogens with zero attached hydrogens (tertiary/aromatic N) is 2. The van der Waals surface area contributed by atoms with E-state index in [1.807, 2.05) is 6.07 Å². The molecule has 1 heterocycles. The lowest BCUT2D eigenvalue weighted by atomic mass is 10.1. The van der Waals surface area contributed by atoms with Gasteiger partial charge in [0.1, 0.15) is 5.25 Å². The first kappa shape index (κ1) is 13.8. The van der Waals surface area contributed by atoms with E-state index < -0.39 is 14.3 Å². The molecule has 0 aromatic heterocycles. The second kappa shape index (κ2) is 4.83. The summed E-state index contributed by atoms with van der Waals surface area (Å²) in [7, 11) is 1.53.